The van der Waals surface area contributed by atoms with Crippen molar-refractivity contribution in [3.63, 3.8) is 0 Å². The first-order valence-electron chi connectivity index (χ1n) is 6.66. The van der Waals surface area contributed by atoms with Crippen LogP contribution in [0.3, 0.4) is 0 Å². The lowest BCUT2D eigenvalue weighted by atomic mass is 10.2. The summed E-state index contributed by atoms with van der Waals surface area (Å²) < 4.78 is 7.03. The van der Waals surface area contributed by atoms with E-state index < -0.39 is 0 Å². The van der Waals surface area contributed by atoms with Crippen LogP contribution >= 0.6 is 0 Å². The second-order valence-electron chi connectivity index (χ2n) is 4.58. The molecule has 1 aliphatic rings. The van der Waals surface area contributed by atoms with E-state index in [-0.39, 0.29) is 12.0 Å². The van der Waals surface area contributed by atoms with Crippen molar-refractivity contribution in [2.75, 3.05) is 13.2 Å². The van der Waals surface area contributed by atoms with Crippen LogP contribution in [-0.4, -0.2) is 39.8 Å². The van der Waals surface area contributed by atoms with Gasteiger partial charge in [-0.15, -0.1) is 0 Å². The molecule has 1 atom stereocenters. The van der Waals surface area contributed by atoms with Gasteiger partial charge in [0.15, 0.2) is 0 Å². The molecule has 1 aromatic heterocycles. The summed E-state index contributed by atoms with van der Waals surface area (Å²) in [7, 11) is 0. The van der Waals surface area contributed by atoms with E-state index in [1.54, 1.807) is 0 Å². The van der Waals surface area contributed by atoms with Crippen molar-refractivity contribution in [2.24, 2.45) is 0 Å². The Bertz CT molecular complexity index is 403. The van der Waals surface area contributed by atoms with E-state index in [0.717, 1.165) is 38.0 Å². The van der Waals surface area contributed by atoms with Crippen molar-refractivity contribution < 1.29 is 9.53 Å². The molecule has 1 aromatic rings. The Morgan fingerprint density at radius 1 is 1.56 bits per heavy atom. The monoisotopic (exact) mass is 251 g/mol. The van der Waals surface area contributed by atoms with E-state index in [9.17, 15) is 4.79 Å². The Labute approximate surface area is 108 Å². The maximum Gasteiger partial charge on any atom is 0.323 e. The molecule has 5 heteroatoms. The minimum atomic E-state index is -0.0853. The Morgan fingerprint density at radius 3 is 3.06 bits per heavy atom. The van der Waals surface area contributed by atoms with Crippen LogP contribution < -0.4 is 0 Å². The predicted octanol–water partition coefficient (Wildman–Crippen LogP) is 1.43. The summed E-state index contributed by atoms with van der Waals surface area (Å²) in [5, 5.41) is 4.26. The number of ether oxygens (including phenoxy) is 1. The molecular weight excluding hydrogens is 230 g/mol. The largest absolute Gasteiger partial charge is 0.465 e. The van der Waals surface area contributed by atoms with Crippen LogP contribution in [0.1, 0.15) is 32.3 Å². The number of aromatic nitrogens is 2. The molecule has 1 unspecified atom stereocenters. The first-order valence-corrected chi connectivity index (χ1v) is 6.66. The summed E-state index contributed by atoms with van der Waals surface area (Å²) in [6.07, 6.45) is 5.89. The zero-order chi connectivity index (χ0) is 13.0. The van der Waals surface area contributed by atoms with Gasteiger partial charge in [0.2, 0.25) is 0 Å². The van der Waals surface area contributed by atoms with Gasteiger partial charge in [-0.1, -0.05) is 0 Å². The average molecular weight is 251 g/mol. The smallest absolute Gasteiger partial charge is 0.323 e. The van der Waals surface area contributed by atoms with Gasteiger partial charge in [0.25, 0.3) is 0 Å². The van der Waals surface area contributed by atoms with Crippen molar-refractivity contribution in [2.45, 2.75) is 45.8 Å². The van der Waals surface area contributed by atoms with Gasteiger partial charge in [-0.3, -0.25) is 14.4 Å². The third kappa shape index (κ3) is 2.90. The summed E-state index contributed by atoms with van der Waals surface area (Å²) in [5.74, 6) is -0.0853. The Kier molecular flexibility index (Phi) is 4.36. The van der Waals surface area contributed by atoms with Crippen molar-refractivity contribution in [3.8, 4) is 0 Å². The second-order valence-corrected chi connectivity index (χ2v) is 4.58. The quantitative estimate of drug-likeness (QED) is 0.743. The van der Waals surface area contributed by atoms with Crippen LogP contribution in [0.25, 0.3) is 0 Å². The van der Waals surface area contributed by atoms with Gasteiger partial charge in [0.1, 0.15) is 6.04 Å². The van der Waals surface area contributed by atoms with Crippen LogP contribution in [0, 0.1) is 0 Å². The van der Waals surface area contributed by atoms with Crippen molar-refractivity contribution in [3.05, 3.63) is 18.0 Å². The topological polar surface area (TPSA) is 47.4 Å². The lowest BCUT2D eigenvalue weighted by Crippen LogP contribution is -2.36. The molecule has 0 aliphatic carbocycles. The van der Waals surface area contributed by atoms with Crippen molar-refractivity contribution >= 4 is 5.97 Å². The Morgan fingerprint density at radius 2 is 2.39 bits per heavy atom. The van der Waals surface area contributed by atoms with Gasteiger partial charge in [0.05, 0.1) is 12.8 Å². The number of carbonyl (C=O) groups is 1. The summed E-state index contributed by atoms with van der Waals surface area (Å²) in [4.78, 5) is 14.0. The lowest BCUT2D eigenvalue weighted by Gasteiger charge is -2.21. The molecule has 0 spiro atoms. The highest BCUT2D eigenvalue weighted by Gasteiger charge is 2.31. The first-order chi connectivity index (χ1) is 8.74. The predicted molar refractivity (Wildman–Crippen MR) is 68.0 cm³/mol. The average Bonchev–Trinajstić information content (AvgIpc) is 2.99. The molecule has 0 aromatic carbocycles. The summed E-state index contributed by atoms with van der Waals surface area (Å²) in [6.45, 7) is 6.99. The number of esters is 1. The molecule has 0 amide bonds. The summed E-state index contributed by atoms with van der Waals surface area (Å²) >= 11 is 0. The molecule has 1 saturated heterocycles. The van der Waals surface area contributed by atoms with Gasteiger partial charge in [-0.25, -0.2) is 0 Å². The summed E-state index contributed by atoms with van der Waals surface area (Å²) in [5.41, 5.74) is 1.16. The molecule has 18 heavy (non-hydrogen) atoms. The van der Waals surface area contributed by atoms with Gasteiger partial charge in [-0.05, 0) is 33.2 Å². The van der Waals surface area contributed by atoms with Gasteiger partial charge < -0.3 is 4.74 Å². The van der Waals surface area contributed by atoms with Crippen molar-refractivity contribution in [1.29, 1.82) is 0 Å². The zero-order valence-electron chi connectivity index (χ0n) is 11.1. The highest BCUT2D eigenvalue weighted by molar-refractivity contribution is 5.76. The number of aryl methyl sites for hydroxylation is 1. The maximum absolute atomic E-state index is 11.8. The zero-order valence-corrected chi connectivity index (χ0v) is 11.1. The number of rotatable bonds is 5. The second kappa shape index (κ2) is 6.00. The van der Waals surface area contributed by atoms with Crippen LogP contribution in [0.15, 0.2) is 12.4 Å². The fourth-order valence-corrected chi connectivity index (χ4v) is 2.42. The molecular formula is C13H21N3O2. The fraction of sp³-hybridized carbons (Fsp3) is 0.692. The number of carbonyl (C=O) groups excluding carboxylic acids is 1. The Hall–Kier alpha value is -1.36. The van der Waals surface area contributed by atoms with Gasteiger partial charge in [0, 0.05) is 24.8 Å². The van der Waals surface area contributed by atoms with Crippen LogP contribution in [0.2, 0.25) is 0 Å². The van der Waals surface area contributed by atoms with Crippen LogP contribution in [-0.2, 0) is 22.6 Å². The molecule has 0 bridgehead atoms. The highest BCUT2D eigenvalue weighted by Crippen LogP contribution is 2.21. The molecule has 0 radical (unpaired) electrons. The highest BCUT2D eigenvalue weighted by atomic mass is 16.5. The normalized spacial score (nSPS) is 20.2. The SMILES string of the molecule is CCOC(=O)C1CCCN1Cc1cnn(CC)c1. The molecule has 100 valence electrons. The number of likely N-dealkylation sites (tertiary alicyclic amines) is 1. The molecule has 0 saturated carbocycles. The molecule has 1 fully saturated rings. The first kappa shape index (κ1) is 13.1. The third-order valence-corrected chi connectivity index (χ3v) is 3.32. The van der Waals surface area contributed by atoms with E-state index in [1.165, 1.54) is 0 Å². The standard InChI is InChI=1S/C13H21N3O2/c1-3-16-10-11(8-14-16)9-15-7-5-6-12(15)13(17)18-4-2/h8,10,12H,3-7,9H2,1-2H3. The van der Waals surface area contributed by atoms with E-state index >= 15 is 0 Å². The molecule has 2 heterocycles. The molecule has 2 rings (SSSR count). The number of hydrogen-bond donors (Lipinski definition) is 0. The molecule has 0 N–H and O–H groups in total. The minimum Gasteiger partial charge on any atom is -0.465 e. The Balaban J connectivity index is 1.97. The van der Waals surface area contributed by atoms with Gasteiger partial charge in [-0.2, -0.15) is 5.10 Å². The third-order valence-electron chi connectivity index (χ3n) is 3.32. The maximum atomic E-state index is 11.8. The fourth-order valence-electron chi connectivity index (χ4n) is 2.42. The van der Waals surface area contributed by atoms with E-state index in [1.807, 2.05) is 24.0 Å². The van der Waals surface area contributed by atoms with E-state index in [4.69, 9.17) is 4.74 Å². The molecule has 1 aliphatic heterocycles. The van der Waals surface area contributed by atoms with Gasteiger partial charge >= 0.3 is 5.97 Å². The van der Waals surface area contributed by atoms with E-state index in [2.05, 4.69) is 16.9 Å². The number of nitrogens with zero attached hydrogens (tertiary/aromatic N) is 3. The lowest BCUT2D eigenvalue weighted by molar-refractivity contribution is -0.148. The van der Waals surface area contributed by atoms with E-state index in [0.29, 0.717) is 6.61 Å². The summed E-state index contributed by atoms with van der Waals surface area (Å²) in [6, 6.07) is -0.0741. The van der Waals surface area contributed by atoms with Crippen molar-refractivity contribution in [1.82, 2.24) is 14.7 Å². The van der Waals surface area contributed by atoms with Crippen LogP contribution in [0.4, 0.5) is 0 Å². The minimum absolute atomic E-state index is 0.0741. The number of hydrogen-bond acceptors (Lipinski definition) is 4. The molecule has 5 nitrogen and oxygen atoms in total. The van der Waals surface area contributed by atoms with Crippen LogP contribution in [0.5, 0.6) is 0 Å².